The van der Waals surface area contributed by atoms with E-state index in [0.29, 0.717) is 6.61 Å². The van der Waals surface area contributed by atoms with Gasteiger partial charge in [-0.05, 0) is 38.1 Å². The number of piperidine rings is 1. The number of fused-ring (bicyclic) bond motifs is 1. The number of nitrogens with zero attached hydrogens (tertiary/aromatic N) is 1. The summed E-state index contributed by atoms with van der Waals surface area (Å²) in [5.74, 6) is 0.815. The number of unbranched alkanes of at least 4 members (excludes halogenated alkanes) is 8. The number of hydrogen-bond acceptors (Lipinski definition) is 2. The van der Waals surface area contributed by atoms with E-state index in [1.54, 1.807) is 0 Å². The normalized spacial score (nSPS) is 26.9. The summed E-state index contributed by atoms with van der Waals surface area (Å²) in [5.41, 5.74) is 0.220. The van der Waals surface area contributed by atoms with Gasteiger partial charge in [-0.1, -0.05) is 78.1 Å². The molecule has 1 heterocycles. The van der Waals surface area contributed by atoms with Crippen molar-refractivity contribution in [3.05, 3.63) is 0 Å². The summed E-state index contributed by atoms with van der Waals surface area (Å²) >= 11 is 0. The SMILES string of the molecule is CCCCCCCC(CCCCCCC)N1CC[C@H]2C[C@]21CO. The van der Waals surface area contributed by atoms with Crippen LogP contribution in [0.4, 0.5) is 0 Å². The largest absolute Gasteiger partial charge is 0.394 e. The van der Waals surface area contributed by atoms with E-state index >= 15 is 0 Å². The number of rotatable bonds is 14. The van der Waals surface area contributed by atoms with E-state index in [0.717, 1.165) is 12.0 Å². The Labute approximate surface area is 145 Å². The first-order valence-corrected chi connectivity index (χ1v) is 10.7. The standard InChI is InChI=1S/C21H41NO/c1-3-5-7-9-11-13-20(14-12-10-8-6-4-2)22-16-15-19-17-21(19,22)18-23/h19-20,23H,3-18H2,1-2H3/t19-,21-/m0/s1. The Bertz CT molecular complexity index is 301. The van der Waals surface area contributed by atoms with Crippen LogP contribution in [0.25, 0.3) is 0 Å². The summed E-state index contributed by atoms with van der Waals surface area (Å²) in [7, 11) is 0. The molecule has 1 aliphatic carbocycles. The summed E-state index contributed by atoms with van der Waals surface area (Å²) in [5, 5.41) is 9.93. The Morgan fingerprint density at radius 2 is 1.48 bits per heavy atom. The molecule has 0 radical (unpaired) electrons. The first-order valence-electron chi connectivity index (χ1n) is 10.7. The molecule has 1 saturated carbocycles. The zero-order chi connectivity index (χ0) is 16.5. The van der Waals surface area contributed by atoms with Crippen LogP contribution in [0.2, 0.25) is 0 Å². The van der Waals surface area contributed by atoms with Crippen LogP contribution >= 0.6 is 0 Å². The maximum atomic E-state index is 9.93. The highest BCUT2D eigenvalue weighted by atomic mass is 16.3. The second kappa shape index (κ2) is 10.0. The molecule has 1 N–H and O–H groups in total. The van der Waals surface area contributed by atoms with Gasteiger partial charge in [-0.25, -0.2) is 0 Å². The van der Waals surface area contributed by atoms with E-state index in [-0.39, 0.29) is 5.54 Å². The molecule has 2 rings (SSSR count). The van der Waals surface area contributed by atoms with Crippen LogP contribution in [0.15, 0.2) is 0 Å². The molecule has 0 unspecified atom stereocenters. The second-order valence-corrected chi connectivity index (χ2v) is 8.20. The Morgan fingerprint density at radius 1 is 0.913 bits per heavy atom. The third-order valence-electron chi connectivity index (χ3n) is 6.49. The molecule has 136 valence electrons. The van der Waals surface area contributed by atoms with Crippen LogP contribution in [0.1, 0.15) is 104 Å². The fourth-order valence-corrected chi connectivity index (χ4v) is 4.86. The summed E-state index contributed by atoms with van der Waals surface area (Å²) in [6.07, 6.45) is 19.2. The molecule has 2 fully saturated rings. The van der Waals surface area contributed by atoms with Crippen molar-refractivity contribution < 1.29 is 5.11 Å². The van der Waals surface area contributed by atoms with Gasteiger partial charge in [-0.3, -0.25) is 4.90 Å². The summed E-state index contributed by atoms with van der Waals surface area (Å²) in [6.45, 7) is 6.24. The van der Waals surface area contributed by atoms with Crippen molar-refractivity contribution in [1.82, 2.24) is 4.90 Å². The van der Waals surface area contributed by atoms with Gasteiger partial charge in [-0.2, -0.15) is 0 Å². The highest BCUT2D eigenvalue weighted by Gasteiger charge is 2.62. The topological polar surface area (TPSA) is 23.5 Å². The van der Waals surface area contributed by atoms with Gasteiger partial charge in [-0.15, -0.1) is 0 Å². The minimum Gasteiger partial charge on any atom is -0.394 e. The van der Waals surface area contributed by atoms with E-state index < -0.39 is 0 Å². The Morgan fingerprint density at radius 3 is 1.96 bits per heavy atom. The predicted molar refractivity (Wildman–Crippen MR) is 99.8 cm³/mol. The van der Waals surface area contributed by atoms with E-state index in [4.69, 9.17) is 0 Å². The van der Waals surface area contributed by atoms with Gasteiger partial charge in [0.1, 0.15) is 0 Å². The number of aliphatic hydroxyl groups is 1. The second-order valence-electron chi connectivity index (χ2n) is 8.20. The van der Waals surface area contributed by atoms with Crippen molar-refractivity contribution in [3.8, 4) is 0 Å². The zero-order valence-electron chi connectivity index (χ0n) is 15.9. The molecule has 0 aromatic rings. The van der Waals surface area contributed by atoms with E-state index in [9.17, 15) is 5.11 Å². The molecule has 1 saturated heterocycles. The third-order valence-corrected chi connectivity index (χ3v) is 6.49. The molecule has 2 aliphatic rings. The van der Waals surface area contributed by atoms with Crippen LogP contribution in [0.3, 0.4) is 0 Å². The van der Waals surface area contributed by atoms with E-state index in [1.807, 2.05) is 0 Å². The molecular formula is C21H41NO. The van der Waals surface area contributed by atoms with Crippen LogP contribution in [0.5, 0.6) is 0 Å². The van der Waals surface area contributed by atoms with Crippen molar-refractivity contribution in [1.29, 1.82) is 0 Å². The fourth-order valence-electron chi connectivity index (χ4n) is 4.86. The lowest BCUT2D eigenvalue weighted by atomic mass is 9.97. The molecule has 1 aliphatic heterocycles. The van der Waals surface area contributed by atoms with Crippen LogP contribution in [-0.4, -0.2) is 34.7 Å². The maximum absolute atomic E-state index is 9.93. The average Bonchev–Trinajstić information content (AvgIpc) is 3.18. The van der Waals surface area contributed by atoms with Gasteiger partial charge >= 0.3 is 0 Å². The van der Waals surface area contributed by atoms with Gasteiger partial charge in [0, 0.05) is 11.6 Å². The van der Waals surface area contributed by atoms with Crippen molar-refractivity contribution in [2.45, 2.75) is 115 Å². The summed E-state index contributed by atoms with van der Waals surface area (Å²) < 4.78 is 0. The van der Waals surface area contributed by atoms with E-state index in [1.165, 1.54) is 96.4 Å². The van der Waals surface area contributed by atoms with Crippen molar-refractivity contribution in [3.63, 3.8) is 0 Å². The number of hydrogen-bond donors (Lipinski definition) is 1. The van der Waals surface area contributed by atoms with Gasteiger partial charge in [0.05, 0.1) is 6.61 Å². The molecule has 0 aromatic carbocycles. The predicted octanol–water partition coefficient (Wildman–Crippen LogP) is 5.53. The van der Waals surface area contributed by atoms with Crippen LogP contribution in [-0.2, 0) is 0 Å². The maximum Gasteiger partial charge on any atom is 0.0618 e. The molecule has 0 bridgehead atoms. The number of aliphatic hydroxyl groups excluding tert-OH is 1. The van der Waals surface area contributed by atoms with Gasteiger partial charge < -0.3 is 5.11 Å². The Kier molecular flexibility index (Phi) is 8.40. The van der Waals surface area contributed by atoms with Gasteiger partial charge in [0.25, 0.3) is 0 Å². The lowest BCUT2D eigenvalue weighted by Crippen LogP contribution is -2.45. The Hall–Kier alpha value is -0.0800. The monoisotopic (exact) mass is 323 g/mol. The minimum absolute atomic E-state index is 0.220. The zero-order valence-corrected chi connectivity index (χ0v) is 15.9. The lowest BCUT2D eigenvalue weighted by Gasteiger charge is -2.35. The molecule has 2 nitrogen and oxygen atoms in total. The third kappa shape index (κ3) is 5.19. The lowest BCUT2D eigenvalue weighted by molar-refractivity contribution is 0.0750. The number of likely N-dealkylation sites (tertiary alicyclic amines) is 1. The van der Waals surface area contributed by atoms with Crippen LogP contribution < -0.4 is 0 Å². The molecule has 2 heteroatoms. The molecule has 0 aromatic heterocycles. The van der Waals surface area contributed by atoms with Gasteiger partial charge in [0.2, 0.25) is 0 Å². The van der Waals surface area contributed by atoms with Crippen molar-refractivity contribution in [2.24, 2.45) is 5.92 Å². The molecule has 23 heavy (non-hydrogen) atoms. The molecule has 0 amide bonds. The first kappa shape index (κ1) is 19.2. The van der Waals surface area contributed by atoms with Crippen LogP contribution in [0, 0.1) is 5.92 Å². The minimum atomic E-state index is 0.220. The van der Waals surface area contributed by atoms with E-state index in [2.05, 4.69) is 18.7 Å². The quantitative estimate of drug-likeness (QED) is 0.425. The van der Waals surface area contributed by atoms with Crippen molar-refractivity contribution in [2.75, 3.05) is 13.2 Å². The van der Waals surface area contributed by atoms with Gasteiger partial charge in [0.15, 0.2) is 0 Å². The Balaban J connectivity index is 1.76. The highest BCUT2D eigenvalue weighted by molar-refractivity contribution is 5.17. The average molecular weight is 324 g/mol. The smallest absolute Gasteiger partial charge is 0.0618 e. The highest BCUT2D eigenvalue weighted by Crippen LogP contribution is 2.56. The summed E-state index contributed by atoms with van der Waals surface area (Å²) in [4.78, 5) is 2.75. The molecule has 0 spiro atoms. The molecular weight excluding hydrogens is 282 g/mol. The van der Waals surface area contributed by atoms with Crippen molar-refractivity contribution >= 4 is 0 Å². The summed E-state index contributed by atoms with van der Waals surface area (Å²) in [6, 6.07) is 0.748. The fraction of sp³-hybridized carbons (Fsp3) is 1.00. The molecule has 2 atom stereocenters. The first-order chi connectivity index (χ1) is 11.3.